The first-order chi connectivity index (χ1) is 21.0. The largest absolute Gasteiger partial charge is 0.493 e. The SMILES string of the molecule is COc1cc2c(c(OC)c1OC)-c1ccc(OC)c(=O)cc1[C@@H](NC(=O)CCC(=O)OC[C@H]1OC(O)[C@@H](O)[C@@H](O)[C@@H]1O)CC2. The number of aryl methyl sites for hydroxylation is 1. The van der Waals surface area contributed by atoms with Crippen LogP contribution < -0.4 is 29.7 Å². The fourth-order valence-electron chi connectivity index (χ4n) is 5.41. The van der Waals surface area contributed by atoms with E-state index < -0.39 is 60.7 Å². The van der Waals surface area contributed by atoms with Crippen molar-refractivity contribution in [2.75, 3.05) is 35.0 Å². The van der Waals surface area contributed by atoms with E-state index in [1.54, 1.807) is 12.1 Å². The summed E-state index contributed by atoms with van der Waals surface area (Å²) in [5.41, 5.74) is 2.25. The second kappa shape index (κ2) is 14.2. The number of nitrogens with one attached hydrogen (secondary N) is 1. The van der Waals surface area contributed by atoms with Gasteiger partial charge in [-0.3, -0.25) is 14.4 Å². The molecule has 1 heterocycles. The van der Waals surface area contributed by atoms with Gasteiger partial charge in [-0.05, 0) is 47.7 Å². The molecule has 1 aliphatic carbocycles. The third-order valence-corrected chi connectivity index (χ3v) is 7.71. The van der Waals surface area contributed by atoms with Gasteiger partial charge < -0.3 is 54.2 Å². The number of carbonyl (C=O) groups excluding carboxylic acids is 2. The van der Waals surface area contributed by atoms with E-state index in [0.29, 0.717) is 46.8 Å². The summed E-state index contributed by atoms with van der Waals surface area (Å²) in [6.07, 6.45) is -7.77. The lowest BCUT2D eigenvalue weighted by Gasteiger charge is -2.37. The van der Waals surface area contributed by atoms with E-state index in [1.807, 2.05) is 6.07 Å². The highest BCUT2D eigenvalue weighted by atomic mass is 16.7. The van der Waals surface area contributed by atoms with Crippen molar-refractivity contribution in [1.29, 1.82) is 0 Å². The van der Waals surface area contributed by atoms with Crippen LogP contribution in [0.3, 0.4) is 0 Å². The molecule has 44 heavy (non-hydrogen) atoms. The Hall–Kier alpha value is -3.95. The predicted molar refractivity (Wildman–Crippen MR) is 153 cm³/mol. The molecule has 0 spiro atoms. The molecule has 1 saturated heterocycles. The van der Waals surface area contributed by atoms with Gasteiger partial charge in [0.15, 0.2) is 23.5 Å². The van der Waals surface area contributed by atoms with Crippen LogP contribution in [0.5, 0.6) is 23.0 Å². The number of methoxy groups -OCH3 is 4. The van der Waals surface area contributed by atoms with Crippen molar-refractivity contribution >= 4 is 11.9 Å². The van der Waals surface area contributed by atoms with Crippen LogP contribution in [0.2, 0.25) is 0 Å². The van der Waals surface area contributed by atoms with Gasteiger partial charge in [0.05, 0.1) is 40.9 Å². The molecule has 6 atom stereocenters. The molecule has 5 N–H and O–H groups in total. The van der Waals surface area contributed by atoms with Crippen LogP contribution in [0.1, 0.15) is 36.4 Å². The van der Waals surface area contributed by atoms with Crippen LogP contribution in [0, 0.1) is 0 Å². The molecule has 0 saturated carbocycles. The number of hydrogen-bond donors (Lipinski definition) is 5. The lowest BCUT2D eigenvalue weighted by Crippen LogP contribution is -2.58. The standard InChI is InChI=1S/C30H37NO13/c1-39-19-8-6-15-16(12-18(19)32)17(7-5-14-11-20(40-2)28(41-3)29(42-4)24(14)15)31-22(33)9-10-23(34)43-13-21-25(35)26(36)27(37)30(38)44-21/h6,8,11-12,17,21,25-27,30,35-38H,5,7,9-10,13H2,1-4H3,(H,31,33)/t17-,21+,25+,26-,27-,30?/m0/s1. The first-order valence-electron chi connectivity index (χ1n) is 13.9. The zero-order chi connectivity index (χ0) is 32.1. The number of carbonyl (C=O) groups is 2. The van der Waals surface area contributed by atoms with E-state index in [1.165, 1.54) is 34.5 Å². The summed E-state index contributed by atoms with van der Waals surface area (Å²) >= 11 is 0. The second-order valence-electron chi connectivity index (χ2n) is 10.3. The van der Waals surface area contributed by atoms with Crippen LogP contribution in [0.15, 0.2) is 29.1 Å². The van der Waals surface area contributed by atoms with Crippen LogP contribution in [0.4, 0.5) is 0 Å². The molecule has 0 bridgehead atoms. The van der Waals surface area contributed by atoms with Crippen molar-refractivity contribution < 1.29 is 58.4 Å². The van der Waals surface area contributed by atoms with Crippen molar-refractivity contribution in [3.63, 3.8) is 0 Å². The fraction of sp³-hybridized carbons (Fsp3) is 0.500. The molecule has 14 nitrogen and oxygen atoms in total. The van der Waals surface area contributed by atoms with Crippen molar-refractivity contribution in [1.82, 2.24) is 5.32 Å². The summed E-state index contributed by atoms with van der Waals surface area (Å²) in [5.74, 6) is 0.0549. The third-order valence-electron chi connectivity index (χ3n) is 7.71. The maximum atomic E-state index is 13.1. The highest BCUT2D eigenvalue weighted by Gasteiger charge is 2.43. The summed E-state index contributed by atoms with van der Waals surface area (Å²) in [7, 11) is 5.89. The first kappa shape index (κ1) is 33.0. The van der Waals surface area contributed by atoms with Crippen molar-refractivity contribution in [3.8, 4) is 34.1 Å². The molecule has 2 aromatic carbocycles. The minimum absolute atomic E-state index is 0.105. The van der Waals surface area contributed by atoms with E-state index in [9.17, 15) is 34.8 Å². The summed E-state index contributed by atoms with van der Waals surface area (Å²) in [4.78, 5) is 38.4. The van der Waals surface area contributed by atoms with E-state index in [0.717, 1.165) is 5.56 Å². The van der Waals surface area contributed by atoms with Crippen molar-refractivity contribution in [2.24, 2.45) is 0 Å². The highest BCUT2D eigenvalue weighted by Crippen LogP contribution is 2.50. The van der Waals surface area contributed by atoms with E-state index in [2.05, 4.69) is 5.32 Å². The summed E-state index contributed by atoms with van der Waals surface area (Å²) in [6, 6.07) is 5.88. The molecular weight excluding hydrogens is 582 g/mol. The van der Waals surface area contributed by atoms with Gasteiger partial charge in [0.2, 0.25) is 17.1 Å². The Morgan fingerprint density at radius 3 is 2.25 bits per heavy atom. The van der Waals surface area contributed by atoms with E-state index >= 15 is 0 Å². The predicted octanol–water partition coefficient (Wildman–Crippen LogP) is -0.0250. The van der Waals surface area contributed by atoms with E-state index in [-0.39, 0.29) is 18.6 Å². The van der Waals surface area contributed by atoms with E-state index in [4.69, 9.17) is 28.4 Å². The number of ether oxygens (including phenoxy) is 6. The molecule has 1 unspecified atom stereocenters. The smallest absolute Gasteiger partial charge is 0.306 e. The zero-order valence-electron chi connectivity index (χ0n) is 24.8. The first-order valence-corrected chi connectivity index (χ1v) is 13.9. The van der Waals surface area contributed by atoms with Crippen molar-refractivity contribution in [2.45, 2.75) is 62.4 Å². The quantitative estimate of drug-likeness (QED) is 0.222. The molecule has 2 aromatic rings. The number of aliphatic hydroxyl groups excluding tert-OH is 4. The normalized spacial score (nSPS) is 24.2. The average Bonchev–Trinajstić information content (AvgIpc) is 3.26. The van der Waals surface area contributed by atoms with Crippen LogP contribution in [-0.4, -0.2) is 98.1 Å². The van der Waals surface area contributed by atoms with Crippen LogP contribution >= 0.6 is 0 Å². The molecule has 4 rings (SSSR count). The number of fused-ring (bicyclic) bond motifs is 3. The molecule has 14 heteroatoms. The number of rotatable bonds is 10. The lowest BCUT2D eigenvalue weighted by molar-refractivity contribution is -0.287. The Balaban J connectivity index is 1.53. The van der Waals surface area contributed by atoms with Crippen LogP contribution in [-0.2, 0) is 25.5 Å². The average molecular weight is 620 g/mol. The van der Waals surface area contributed by atoms with Gasteiger partial charge in [0.25, 0.3) is 0 Å². The molecule has 0 radical (unpaired) electrons. The maximum absolute atomic E-state index is 13.1. The number of amides is 1. The molecule has 1 aliphatic heterocycles. The monoisotopic (exact) mass is 619 g/mol. The lowest BCUT2D eigenvalue weighted by atomic mass is 9.95. The molecule has 1 fully saturated rings. The molecular formula is C30H37NO13. The summed E-state index contributed by atoms with van der Waals surface area (Å²) in [6.45, 7) is -0.518. The molecule has 2 aliphatic rings. The Labute approximate surface area is 253 Å². The Morgan fingerprint density at radius 1 is 0.886 bits per heavy atom. The fourth-order valence-corrected chi connectivity index (χ4v) is 5.41. The summed E-state index contributed by atoms with van der Waals surface area (Å²) < 4.78 is 32.2. The highest BCUT2D eigenvalue weighted by molar-refractivity contribution is 5.85. The van der Waals surface area contributed by atoms with Crippen LogP contribution in [0.25, 0.3) is 11.1 Å². The molecule has 0 aromatic heterocycles. The van der Waals surface area contributed by atoms with Gasteiger partial charge >= 0.3 is 5.97 Å². The second-order valence-corrected chi connectivity index (χ2v) is 10.3. The minimum atomic E-state index is -1.77. The zero-order valence-corrected chi connectivity index (χ0v) is 24.8. The van der Waals surface area contributed by atoms with Gasteiger partial charge in [-0.2, -0.15) is 0 Å². The molecule has 240 valence electrons. The summed E-state index contributed by atoms with van der Waals surface area (Å²) in [5, 5.41) is 41.9. The van der Waals surface area contributed by atoms with Gasteiger partial charge in [0, 0.05) is 12.0 Å². The van der Waals surface area contributed by atoms with Gasteiger partial charge in [-0.25, -0.2) is 0 Å². The number of benzene rings is 1. The number of esters is 1. The third kappa shape index (κ3) is 6.74. The molecule has 1 amide bonds. The Kier molecular flexibility index (Phi) is 10.7. The number of hydrogen-bond acceptors (Lipinski definition) is 13. The van der Waals surface area contributed by atoms with Gasteiger partial charge in [-0.1, -0.05) is 6.07 Å². The van der Waals surface area contributed by atoms with Crippen molar-refractivity contribution in [3.05, 3.63) is 45.6 Å². The maximum Gasteiger partial charge on any atom is 0.306 e. The Morgan fingerprint density at radius 2 is 1.59 bits per heavy atom. The minimum Gasteiger partial charge on any atom is -0.493 e. The Bertz CT molecular complexity index is 1430. The topological polar surface area (TPSA) is 200 Å². The van der Waals surface area contributed by atoms with Gasteiger partial charge in [-0.15, -0.1) is 0 Å². The van der Waals surface area contributed by atoms with Gasteiger partial charge in [0.1, 0.15) is 31.0 Å². The number of aliphatic hydroxyl groups is 4.